The highest BCUT2D eigenvalue weighted by molar-refractivity contribution is 5.89. The molecule has 6 heteroatoms. The monoisotopic (exact) mass is 263 g/mol. The predicted molar refractivity (Wildman–Crippen MR) is 70.8 cm³/mol. The first kappa shape index (κ1) is 13.4. The van der Waals surface area contributed by atoms with Gasteiger partial charge >= 0.3 is 12.0 Å². The minimum Gasteiger partial charge on any atom is -0.481 e. The van der Waals surface area contributed by atoms with Gasteiger partial charge in [0.05, 0.1) is 5.41 Å². The van der Waals surface area contributed by atoms with Crippen molar-refractivity contribution in [2.45, 2.75) is 18.3 Å². The predicted octanol–water partition coefficient (Wildman–Crippen LogP) is 1.40. The summed E-state index contributed by atoms with van der Waals surface area (Å²) in [6, 6.07) is 6.61. The standard InChI is InChI=1S/C13H17N3O3/c1-16(2)15-12(19)14-10-5-3-9(4-6-10)13(7-8-13)11(17)18/h3-6H,7-8H2,1-2H3,(H,17,18)(H2,14,15,19). The Bertz CT molecular complexity index is 492. The van der Waals surface area contributed by atoms with Crippen molar-refractivity contribution >= 4 is 17.7 Å². The molecule has 1 aromatic carbocycles. The molecule has 0 spiro atoms. The molecule has 1 aliphatic rings. The van der Waals surface area contributed by atoms with Crippen LogP contribution in [-0.4, -0.2) is 36.2 Å². The van der Waals surface area contributed by atoms with E-state index in [9.17, 15) is 14.7 Å². The zero-order valence-electron chi connectivity index (χ0n) is 10.9. The normalized spacial score (nSPS) is 15.9. The van der Waals surface area contributed by atoms with E-state index < -0.39 is 11.4 Å². The van der Waals surface area contributed by atoms with Crippen LogP contribution in [0.2, 0.25) is 0 Å². The molecule has 0 aliphatic heterocycles. The molecule has 0 unspecified atom stereocenters. The minimum absolute atomic E-state index is 0.336. The smallest absolute Gasteiger partial charge is 0.333 e. The van der Waals surface area contributed by atoms with Crippen molar-refractivity contribution in [1.82, 2.24) is 10.4 Å². The Kier molecular flexibility index (Phi) is 3.44. The van der Waals surface area contributed by atoms with Crippen LogP contribution in [0, 0.1) is 0 Å². The number of urea groups is 1. The summed E-state index contributed by atoms with van der Waals surface area (Å²) in [5, 5.41) is 13.4. The van der Waals surface area contributed by atoms with Crippen LogP contribution in [0.5, 0.6) is 0 Å². The van der Waals surface area contributed by atoms with Crippen molar-refractivity contribution in [2.24, 2.45) is 0 Å². The fourth-order valence-corrected chi connectivity index (χ4v) is 1.99. The van der Waals surface area contributed by atoms with E-state index in [1.54, 1.807) is 38.4 Å². The molecule has 0 saturated heterocycles. The number of carbonyl (C=O) groups excluding carboxylic acids is 1. The molecule has 1 fully saturated rings. The van der Waals surface area contributed by atoms with E-state index in [0.29, 0.717) is 18.5 Å². The molecule has 1 saturated carbocycles. The summed E-state index contributed by atoms with van der Waals surface area (Å²) in [4.78, 5) is 22.6. The second kappa shape index (κ2) is 4.89. The maximum absolute atomic E-state index is 11.5. The molecular formula is C13H17N3O3. The number of hydrogen-bond acceptors (Lipinski definition) is 3. The Labute approximate surface area is 111 Å². The fourth-order valence-electron chi connectivity index (χ4n) is 1.99. The van der Waals surface area contributed by atoms with Gasteiger partial charge in [0.15, 0.2) is 0 Å². The highest BCUT2D eigenvalue weighted by Gasteiger charge is 2.51. The average Bonchev–Trinajstić information content (AvgIpc) is 3.09. The maximum atomic E-state index is 11.5. The van der Waals surface area contributed by atoms with E-state index in [1.807, 2.05) is 0 Å². The highest BCUT2D eigenvalue weighted by Crippen LogP contribution is 2.48. The van der Waals surface area contributed by atoms with Gasteiger partial charge in [-0.1, -0.05) is 12.1 Å². The lowest BCUT2D eigenvalue weighted by Gasteiger charge is -2.14. The molecule has 2 amide bonds. The van der Waals surface area contributed by atoms with Gasteiger partial charge in [-0.25, -0.2) is 9.80 Å². The Hall–Kier alpha value is -2.08. The van der Waals surface area contributed by atoms with Gasteiger partial charge < -0.3 is 10.4 Å². The van der Waals surface area contributed by atoms with Gasteiger partial charge in [-0.15, -0.1) is 0 Å². The molecule has 2 rings (SSSR count). The molecule has 3 N–H and O–H groups in total. The second-order valence-electron chi connectivity index (χ2n) is 4.92. The Morgan fingerprint density at radius 3 is 2.21 bits per heavy atom. The summed E-state index contributed by atoms with van der Waals surface area (Å²) >= 11 is 0. The Balaban J connectivity index is 2.03. The topological polar surface area (TPSA) is 81.7 Å². The van der Waals surface area contributed by atoms with Crippen LogP contribution in [-0.2, 0) is 10.2 Å². The molecular weight excluding hydrogens is 246 g/mol. The zero-order chi connectivity index (χ0) is 14.0. The summed E-state index contributed by atoms with van der Waals surface area (Å²) in [5.41, 5.74) is 3.27. The van der Waals surface area contributed by atoms with Crippen LogP contribution in [0.3, 0.4) is 0 Å². The van der Waals surface area contributed by atoms with E-state index in [-0.39, 0.29) is 6.03 Å². The van der Waals surface area contributed by atoms with Gasteiger partial charge in [-0.2, -0.15) is 0 Å². The van der Waals surface area contributed by atoms with Gasteiger partial charge in [0, 0.05) is 19.8 Å². The number of anilines is 1. The van der Waals surface area contributed by atoms with Gasteiger partial charge in [0.1, 0.15) is 0 Å². The number of nitrogens with one attached hydrogen (secondary N) is 2. The van der Waals surface area contributed by atoms with Crippen molar-refractivity contribution in [3.63, 3.8) is 0 Å². The van der Waals surface area contributed by atoms with Gasteiger partial charge in [-0.3, -0.25) is 10.2 Å². The highest BCUT2D eigenvalue weighted by atomic mass is 16.4. The van der Waals surface area contributed by atoms with E-state index >= 15 is 0 Å². The van der Waals surface area contributed by atoms with Crippen molar-refractivity contribution in [3.8, 4) is 0 Å². The lowest BCUT2D eigenvalue weighted by molar-refractivity contribution is -0.140. The first-order valence-electron chi connectivity index (χ1n) is 6.03. The first-order chi connectivity index (χ1) is 8.94. The van der Waals surface area contributed by atoms with E-state index in [0.717, 1.165) is 5.56 Å². The maximum Gasteiger partial charge on any atom is 0.333 e. The van der Waals surface area contributed by atoms with Crippen molar-refractivity contribution in [2.75, 3.05) is 19.4 Å². The van der Waals surface area contributed by atoms with Gasteiger partial charge in [0.2, 0.25) is 0 Å². The van der Waals surface area contributed by atoms with Crippen LogP contribution in [0.4, 0.5) is 10.5 Å². The van der Waals surface area contributed by atoms with E-state index in [4.69, 9.17) is 0 Å². The molecule has 0 radical (unpaired) electrons. The fraction of sp³-hybridized carbons (Fsp3) is 0.385. The summed E-state index contributed by atoms with van der Waals surface area (Å²) in [7, 11) is 3.43. The molecule has 102 valence electrons. The number of hydrogen-bond donors (Lipinski definition) is 3. The summed E-state index contributed by atoms with van der Waals surface area (Å²) in [6.07, 6.45) is 1.35. The third-order valence-corrected chi connectivity index (χ3v) is 3.18. The average molecular weight is 263 g/mol. The quantitative estimate of drug-likeness (QED) is 0.717. The second-order valence-corrected chi connectivity index (χ2v) is 4.92. The van der Waals surface area contributed by atoms with Crippen LogP contribution >= 0.6 is 0 Å². The Morgan fingerprint density at radius 1 is 1.21 bits per heavy atom. The SMILES string of the molecule is CN(C)NC(=O)Nc1ccc(C2(C(=O)O)CC2)cc1. The van der Waals surface area contributed by atoms with E-state index in [1.165, 1.54) is 5.01 Å². The minimum atomic E-state index is -0.779. The summed E-state index contributed by atoms with van der Waals surface area (Å²) in [6.45, 7) is 0. The lowest BCUT2D eigenvalue weighted by atomic mass is 9.96. The lowest BCUT2D eigenvalue weighted by Crippen LogP contribution is -2.39. The number of amides is 2. The number of carbonyl (C=O) groups is 2. The largest absolute Gasteiger partial charge is 0.481 e. The number of hydrazine groups is 1. The molecule has 0 heterocycles. The van der Waals surface area contributed by atoms with Crippen LogP contribution in [0.15, 0.2) is 24.3 Å². The Morgan fingerprint density at radius 2 is 1.79 bits per heavy atom. The van der Waals surface area contributed by atoms with Gasteiger partial charge in [-0.05, 0) is 30.5 Å². The molecule has 19 heavy (non-hydrogen) atoms. The van der Waals surface area contributed by atoms with E-state index in [2.05, 4.69) is 10.7 Å². The molecule has 0 aromatic heterocycles. The third kappa shape index (κ3) is 2.85. The number of carboxylic acid groups (broad SMARTS) is 1. The summed E-state index contributed by atoms with van der Waals surface area (Å²) in [5.74, 6) is -0.779. The molecule has 1 aromatic rings. The number of aliphatic carboxylic acids is 1. The molecule has 1 aliphatic carbocycles. The van der Waals surface area contributed by atoms with Crippen molar-refractivity contribution < 1.29 is 14.7 Å². The third-order valence-electron chi connectivity index (χ3n) is 3.18. The van der Waals surface area contributed by atoms with Crippen LogP contribution in [0.1, 0.15) is 18.4 Å². The number of carboxylic acids is 1. The number of benzene rings is 1. The molecule has 0 bridgehead atoms. The van der Waals surface area contributed by atoms with Crippen molar-refractivity contribution in [3.05, 3.63) is 29.8 Å². The van der Waals surface area contributed by atoms with Gasteiger partial charge in [0.25, 0.3) is 0 Å². The zero-order valence-corrected chi connectivity index (χ0v) is 10.9. The number of nitrogens with zero attached hydrogens (tertiary/aromatic N) is 1. The molecule has 0 atom stereocenters. The van der Waals surface area contributed by atoms with Crippen molar-refractivity contribution in [1.29, 1.82) is 0 Å². The summed E-state index contributed by atoms with van der Waals surface area (Å²) < 4.78 is 0. The molecule has 6 nitrogen and oxygen atoms in total. The van der Waals surface area contributed by atoms with Crippen LogP contribution < -0.4 is 10.7 Å². The van der Waals surface area contributed by atoms with Crippen LogP contribution in [0.25, 0.3) is 0 Å². The number of rotatable bonds is 4. The first-order valence-corrected chi connectivity index (χ1v) is 6.03.